The Balaban J connectivity index is 1.11. The van der Waals surface area contributed by atoms with Gasteiger partial charge in [0.1, 0.15) is 18.3 Å². The maximum absolute atomic E-state index is 16.6. The lowest BCUT2D eigenvalue weighted by Crippen LogP contribution is -2.87. The lowest BCUT2D eigenvalue weighted by Gasteiger charge is -2.90. The summed E-state index contributed by atoms with van der Waals surface area (Å²) < 4.78 is 19.1. The van der Waals surface area contributed by atoms with E-state index in [2.05, 4.69) is 99.1 Å². The van der Waals surface area contributed by atoms with Crippen LogP contribution in [0.3, 0.4) is 0 Å². The molecule has 14 nitrogen and oxygen atoms in total. The predicted octanol–water partition coefficient (Wildman–Crippen LogP) is 5.87. The fraction of sp³-hybridized carbons (Fsp3) is 0.741. The van der Waals surface area contributed by atoms with Crippen LogP contribution in [0.2, 0.25) is 0 Å². The molecule has 2 saturated heterocycles. The molecule has 14 heteroatoms. The van der Waals surface area contributed by atoms with Crippen molar-refractivity contribution in [3.05, 3.63) is 71.1 Å². The Morgan fingerprint density at radius 3 is 2.47 bits per heavy atom. The number of H-pyrrole nitrogens is 1. The van der Waals surface area contributed by atoms with Gasteiger partial charge in [-0.3, -0.25) is 9.59 Å². The highest BCUT2D eigenvalue weighted by molar-refractivity contribution is 5.92. The highest BCUT2D eigenvalue weighted by Crippen LogP contribution is 2.97. The molecule has 12 aliphatic rings. The minimum Gasteiger partial charge on any atom is -0.481 e. The van der Waals surface area contributed by atoms with Crippen LogP contribution >= 0.6 is 0 Å². The van der Waals surface area contributed by atoms with E-state index >= 15 is 4.79 Å². The van der Waals surface area contributed by atoms with Crippen LogP contribution < -0.4 is 10.6 Å². The normalized spacial score (nSPS) is 52.9. The third kappa shape index (κ3) is 4.79. The lowest BCUT2D eigenvalue weighted by atomic mass is 9.12. The number of carboxylic acid groups (broad SMARTS) is 2. The van der Waals surface area contributed by atoms with E-state index < -0.39 is 109 Å². The number of aromatic amines is 1. The van der Waals surface area contributed by atoms with E-state index in [0.717, 1.165) is 44.9 Å². The summed E-state index contributed by atoms with van der Waals surface area (Å²) in [6.45, 7) is 12.8. The Morgan fingerprint density at radius 1 is 0.972 bits per heavy atom. The van der Waals surface area contributed by atoms with Gasteiger partial charge in [-0.05, 0) is 158 Å². The topological polar surface area (TPSA) is 220 Å². The van der Waals surface area contributed by atoms with Crippen molar-refractivity contribution in [1.29, 1.82) is 0 Å². The van der Waals surface area contributed by atoms with Crippen molar-refractivity contribution in [3.63, 3.8) is 0 Å². The van der Waals surface area contributed by atoms with Crippen LogP contribution in [-0.2, 0) is 41.4 Å². The molecular weight excluding hydrogens is 915 g/mol. The standard InChI is InChI=1S/C58H77N3O11/c1-8-30-27-60-28-31(30)10-17-57-37-21-36-32(26-59-6)22-53-24-34-12-16-52(57,25-39(49(37,2)3)71-45-42(64)40(62)41(63)43(72-45)44(65)66)15-11-33-20-38-55-14-9-13-50(4,46(55)61-47(53)67)23-35(29-70-7)54(55,48(68)69)18-19-56(38,53)51(36,5)58(33,34)57/h9,12,14,16,20,24,27-28,32-33,35-37,39-43,45-46,59-60,62-64H,8,10-11,13,15,17-19,21-23,25-26,29H2,1-7H3,(H,61,67)(H,65,66)(H,68,69)/t32-,33+,35-,36-,37-,39-,40-,41-,42+,43-,45+,46+,50-,51-,52-,53-,54-,55+,56-,57+,58+/m0/s1. The summed E-state index contributed by atoms with van der Waals surface area (Å²) in [6.07, 6.45) is 18.5. The fourth-order valence-electron chi connectivity index (χ4n) is 22.8. The Morgan fingerprint density at radius 2 is 1.75 bits per heavy atom. The minimum absolute atomic E-state index is 0.00401. The number of nitrogens with one attached hydrogen (secondary N) is 3. The van der Waals surface area contributed by atoms with Crippen molar-refractivity contribution in [2.24, 2.45) is 83.7 Å². The van der Waals surface area contributed by atoms with E-state index in [1.807, 2.05) is 7.05 Å². The van der Waals surface area contributed by atoms with Crippen molar-refractivity contribution in [1.82, 2.24) is 15.6 Å². The molecule has 390 valence electrons. The second-order valence-electron chi connectivity index (χ2n) is 26.5. The Labute approximate surface area is 422 Å². The summed E-state index contributed by atoms with van der Waals surface area (Å²) in [4.78, 5) is 47.4. The number of hydrogen-bond donors (Lipinski definition) is 8. The highest BCUT2D eigenvalue weighted by Gasteiger charge is 2.94. The van der Waals surface area contributed by atoms with Crippen LogP contribution in [-0.4, -0.2) is 119 Å². The van der Waals surface area contributed by atoms with Crippen molar-refractivity contribution < 1.29 is 54.1 Å². The van der Waals surface area contributed by atoms with E-state index in [-0.39, 0.29) is 35.5 Å². The van der Waals surface area contributed by atoms with Crippen LogP contribution in [0.1, 0.15) is 110 Å². The van der Waals surface area contributed by atoms with E-state index in [4.69, 9.17) is 14.2 Å². The first-order valence-corrected chi connectivity index (χ1v) is 27.4. The molecule has 1 amide bonds. The lowest BCUT2D eigenvalue weighted by molar-refractivity contribution is -0.386. The summed E-state index contributed by atoms with van der Waals surface area (Å²) >= 11 is 0. The number of rotatable bonds is 12. The minimum atomic E-state index is -1.84. The largest absolute Gasteiger partial charge is 0.481 e. The fourth-order valence-corrected chi connectivity index (χ4v) is 22.8. The molecule has 0 aromatic carbocycles. The molecule has 7 bridgehead atoms. The second-order valence-corrected chi connectivity index (χ2v) is 26.5. The summed E-state index contributed by atoms with van der Waals surface area (Å²) in [6, 6.07) is -0.427. The van der Waals surface area contributed by atoms with Gasteiger partial charge in [-0.1, -0.05) is 76.6 Å². The van der Waals surface area contributed by atoms with Gasteiger partial charge in [-0.2, -0.15) is 0 Å². The molecule has 2 aliphatic heterocycles. The number of aliphatic carboxylic acids is 2. The smallest absolute Gasteiger partial charge is 0.335 e. The third-order valence-electron chi connectivity index (χ3n) is 24.8. The Kier molecular flexibility index (Phi) is 9.91. The highest BCUT2D eigenvalue weighted by atomic mass is 16.7. The van der Waals surface area contributed by atoms with Crippen LogP contribution in [0.15, 0.2) is 60.0 Å². The molecule has 0 radical (unpaired) electrons. The zero-order valence-corrected chi connectivity index (χ0v) is 43.1. The second kappa shape index (κ2) is 14.8. The first-order chi connectivity index (χ1) is 34.2. The molecule has 13 rings (SSSR count). The summed E-state index contributed by atoms with van der Waals surface area (Å²) in [5.41, 5.74) is -1.82. The van der Waals surface area contributed by atoms with E-state index in [0.29, 0.717) is 45.3 Å². The zero-order chi connectivity index (χ0) is 50.8. The maximum atomic E-state index is 16.6. The molecule has 3 heterocycles. The number of carboxylic acids is 2. The molecule has 3 spiro atoms. The number of allylic oxidation sites excluding steroid dienone is 5. The zero-order valence-electron chi connectivity index (χ0n) is 43.1. The molecule has 8 N–H and O–H groups in total. The molecule has 1 aromatic heterocycles. The van der Waals surface area contributed by atoms with Gasteiger partial charge < -0.3 is 55.4 Å². The number of aryl methyl sites for hydroxylation is 2. The van der Waals surface area contributed by atoms with Crippen LogP contribution in [0.5, 0.6) is 0 Å². The van der Waals surface area contributed by atoms with Crippen molar-refractivity contribution >= 4 is 17.8 Å². The number of ether oxygens (including phenoxy) is 3. The van der Waals surface area contributed by atoms with Gasteiger partial charge >= 0.3 is 11.9 Å². The van der Waals surface area contributed by atoms with Gasteiger partial charge in [0.2, 0.25) is 5.91 Å². The molecule has 1 aromatic rings. The number of aliphatic hydroxyl groups excluding tert-OH is 3. The quantitative estimate of drug-likeness (QED) is 0.0911. The van der Waals surface area contributed by atoms with E-state index in [9.17, 15) is 35.1 Å². The average molecular weight is 992 g/mol. The SMILES string of the molecule is CCc1c[nH]cc1CC[C@@]12[C@H]3C[C@H]4[C@H](CNC)C[C@@]56C=C7C=C[C@@]1(CC[C@@H]1C=C8[C@@]5(CC[C@@]5(C(=O)O)[C@H](COC)C[C@]9(C)CC=C[C@]85[C@@H]9NC6=O)[C@@]4(C)[C@]712)C[C@H](O[C@@H]1O[C@H](C(=O)O)[C@@H](O)[C@H](O)[C@H]1O)C3(C)C. The molecule has 0 unspecified atom stereocenters. The first kappa shape index (κ1) is 48.0. The van der Waals surface area contributed by atoms with Crippen LogP contribution in [0.25, 0.3) is 0 Å². The number of hydrogen-bond acceptors (Lipinski definition) is 10. The monoisotopic (exact) mass is 992 g/mol. The van der Waals surface area contributed by atoms with Gasteiger partial charge in [0.15, 0.2) is 12.4 Å². The van der Waals surface area contributed by atoms with Gasteiger partial charge in [0.25, 0.3) is 0 Å². The van der Waals surface area contributed by atoms with Gasteiger partial charge in [0, 0.05) is 47.7 Å². The van der Waals surface area contributed by atoms with E-state index in [1.54, 1.807) is 7.11 Å². The molecule has 10 aliphatic carbocycles. The number of carbonyl (C=O) groups excluding carboxylic acids is 1. The number of carbonyl (C=O) groups is 3. The van der Waals surface area contributed by atoms with Gasteiger partial charge in [-0.15, -0.1) is 0 Å². The number of methoxy groups -OCH3 is 1. The number of aliphatic hydroxyl groups is 3. The van der Waals surface area contributed by atoms with Crippen molar-refractivity contribution in [2.45, 2.75) is 155 Å². The molecule has 6 saturated carbocycles. The predicted molar refractivity (Wildman–Crippen MR) is 264 cm³/mol. The Bertz CT molecular complexity index is 2680. The van der Waals surface area contributed by atoms with Gasteiger partial charge in [0.05, 0.1) is 23.5 Å². The van der Waals surface area contributed by atoms with Crippen LogP contribution in [0.4, 0.5) is 0 Å². The summed E-state index contributed by atoms with van der Waals surface area (Å²) in [7, 11) is 3.73. The van der Waals surface area contributed by atoms with E-state index in [1.165, 1.54) is 22.3 Å². The third-order valence-corrected chi connectivity index (χ3v) is 24.8. The number of amides is 1. The molecule has 21 atom stereocenters. The molecule has 8 fully saturated rings. The average Bonchev–Trinajstić information content (AvgIpc) is 3.77. The van der Waals surface area contributed by atoms with Crippen LogP contribution in [0, 0.1) is 83.7 Å². The first-order valence-electron chi connectivity index (χ1n) is 27.4. The van der Waals surface area contributed by atoms with Crippen molar-refractivity contribution in [2.75, 3.05) is 27.3 Å². The maximum Gasteiger partial charge on any atom is 0.335 e. The summed E-state index contributed by atoms with van der Waals surface area (Å²) in [5, 5.41) is 63.3. The number of aromatic nitrogens is 1. The van der Waals surface area contributed by atoms with Gasteiger partial charge in [-0.25, -0.2) is 4.79 Å². The summed E-state index contributed by atoms with van der Waals surface area (Å²) in [5.74, 6) is -2.29. The molecular formula is C58H77N3O11. The Hall–Kier alpha value is -3.63. The molecule has 72 heavy (non-hydrogen) atoms. The van der Waals surface area contributed by atoms with Crippen molar-refractivity contribution in [3.8, 4) is 0 Å².